The van der Waals surface area contributed by atoms with Crippen LogP contribution in [0.25, 0.3) is 0 Å². The number of aryl methyl sites for hydroxylation is 1. The maximum atomic E-state index is 11.8. The van der Waals surface area contributed by atoms with E-state index >= 15 is 0 Å². The first-order valence-corrected chi connectivity index (χ1v) is 8.19. The van der Waals surface area contributed by atoms with E-state index in [0.717, 1.165) is 22.9 Å². The Morgan fingerprint density at radius 2 is 1.83 bits per heavy atom. The number of aromatic nitrogens is 2. The summed E-state index contributed by atoms with van der Waals surface area (Å²) in [5.41, 5.74) is 2.59. The van der Waals surface area contributed by atoms with Gasteiger partial charge in [0.1, 0.15) is 5.82 Å². The Hall–Kier alpha value is -2.63. The number of nitrogens with zero attached hydrogens (tertiary/aromatic N) is 3. The number of benzene rings is 1. The molecule has 1 aromatic heterocycles. The van der Waals surface area contributed by atoms with Crippen LogP contribution in [0.2, 0.25) is 0 Å². The first-order valence-electron chi connectivity index (χ1n) is 8.19. The molecule has 6 nitrogen and oxygen atoms in total. The van der Waals surface area contributed by atoms with Gasteiger partial charge in [0.15, 0.2) is 0 Å². The van der Waals surface area contributed by atoms with Crippen molar-refractivity contribution in [3.63, 3.8) is 0 Å². The van der Waals surface area contributed by atoms with Gasteiger partial charge in [-0.3, -0.25) is 4.79 Å². The van der Waals surface area contributed by atoms with E-state index in [1.807, 2.05) is 56.3 Å². The molecule has 1 aliphatic carbocycles. The average molecular weight is 325 g/mol. The van der Waals surface area contributed by atoms with Gasteiger partial charge < -0.3 is 15.5 Å². The van der Waals surface area contributed by atoms with E-state index in [9.17, 15) is 4.79 Å². The van der Waals surface area contributed by atoms with Crippen molar-refractivity contribution in [3.8, 4) is 0 Å². The lowest BCUT2D eigenvalue weighted by Crippen LogP contribution is -2.13. The summed E-state index contributed by atoms with van der Waals surface area (Å²) < 4.78 is 0. The van der Waals surface area contributed by atoms with Gasteiger partial charge >= 0.3 is 0 Å². The van der Waals surface area contributed by atoms with Crippen LogP contribution in [-0.4, -0.2) is 30.0 Å². The Labute approximate surface area is 142 Å². The van der Waals surface area contributed by atoms with Crippen LogP contribution in [0.15, 0.2) is 30.3 Å². The number of carbonyl (C=O) groups is 1. The molecule has 24 heavy (non-hydrogen) atoms. The highest BCUT2D eigenvalue weighted by Crippen LogP contribution is 2.32. The topological polar surface area (TPSA) is 70.2 Å². The molecule has 3 rings (SSSR count). The Kier molecular flexibility index (Phi) is 4.64. The van der Waals surface area contributed by atoms with Gasteiger partial charge in [-0.2, -0.15) is 4.98 Å². The summed E-state index contributed by atoms with van der Waals surface area (Å²) in [4.78, 5) is 22.6. The average Bonchev–Trinajstić information content (AvgIpc) is 3.32. The zero-order chi connectivity index (χ0) is 17.1. The number of rotatable bonds is 6. The number of nitrogens with one attached hydrogen (secondary N) is 2. The van der Waals surface area contributed by atoms with Crippen LogP contribution in [0.4, 0.5) is 23.1 Å². The lowest BCUT2D eigenvalue weighted by molar-refractivity contribution is -0.116. The van der Waals surface area contributed by atoms with Crippen LogP contribution in [0.3, 0.4) is 0 Å². The second-order valence-electron chi connectivity index (χ2n) is 6.48. The minimum Gasteiger partial charge on any atom is -0.363 e. The molecular formula is C18H23N5O. The van der Waals surface area contributed by atoms with E-state index in [0.29, 0.717) is 18.3 Å². The van der Waals surface area contributed by atoms with Crippen LogP contribution in [-0.2, 0) is 4.79 Å². The number of hydrogen-bond acceptors (Lipinski definition) is 5. The van der Waals surface area contributed by atoms with Crippen molar-refractivity contribution in [2.24, 2.45) is 5.92 Å². The van der Waals surface area contributed by atoms with Gasteiger partial charge in [0.05, 0.1) is 0 Å². The standard InChI is InChI=1S/C18H23N5O/c1-12-10-16(23(2)3)22-18(19-12)21-15-8-6-14(7-9-15)20-17(24)11-13-4-5-13/h6-10,13H,4-5,11H2,1-3H3,(H,20,24)(H,19,21,22). The number of amides is 1. The van der Waals surface area contributed by atoms with Crippen molar-refractivity contribution in [2.75, 3.05) is 29.6 Å². The predicted molar refractivity (Wildman–Crippen MR) is 96.8 cm³/mol. The van der Waals surface area contributed by atoms with E-state index in [1.54, 1.807) is 0 Å². The number of carbonyl (C=O) groups excluding carboxylic acids is 1. The summed E-state index contributed by atoms with van der Waals surface area (Å²) in [5.74, 6) is 2.10. The minimum atomic E-state index is 0.0934. The molecule has 0 unspecified atom stereocenters. The van der Waals surface area contributed by atoms with Crippen molar-refractivity contribution in [1.82, 2.24) is 9.97 Å². The first-order chi connectivity index (χ1) is 11.5. The van der Waals surface area contributed by atoms with Crippen LogP contribution in [0.5, 0.6) is 0 Å². The monoisotopic (exact) mass is 325 g/mol. The summed E-state index contributed by atoms with van der Waals surface area (Å²) in [7, 11) is 3.90. The molecule has 0 saturated heterocycles. The highest BCUT2D eigenvalue weighted by Gasteiger charge is 2.24. The summed E-state index contributed by atoms with van der Waals surface area (Å²) in [6.07, 6.45) is 2.99. The molecule has 2 N–H and O–H groups in total. The molecular weight excluding hydrogens is 302 g/mol. The second kappa shape index (κ2) is 6.86. The smallest absolute Gasteiger partial charge is 0.229 e. The molecule has 0 radical (unpaired) electrons. The fraction of sp³-hybridized carbons (Fsp3) is 0.389. The van der Waals surface area contributed by atoms with Crippen molar-refractivity contribution in [1.29, 1.82) is 0 Å². The van der Waals surface area contributed by atoms with Crippen LogP contribution in [0.1, 0.15) is 25.0 Å². The fourth-order valence-electron chi connectivity index (χ4n) is 2.40. The van der Waals surface area contributed by atoms with Gasteiger partial charge in [-0.15, -0.1) is 0 Å². The molecule has 1 saturated carbocycles. The van der Waals surface area contributed by atoms with Crippen molar-refractivity contribution >= 4 is 29.0 Å². The molecule has 1 amide bonds. The molecule has 1 aliphatic rings. The maximum Gasteiger partial charge on any atom is 0.229 e. The zero-order valence-electron chi connectivity index (χ0n) is 14.3. The number of anilines is 4. The van der Waals surface area contributed by atoms with E-state index < -0.39 is 0 Å². The minimum absolute atomic E-state index is 0.0934. The molecule has 1 heterocycles. The Morgan fingerprint density at radius 3 is 2.46 bits per heavy atom. The molecule has 0 bridgehead atoms. The molecule has 0 aliphatic heterocycles. The lowest BCUT2D eigenvalue weighted by Gasteiger charge is -2.14. The SMILES string of the molecule is Cc1cc(N(C)C)nc(Nc2ccc(NC(=O)CC3CC3)cc2)n1. The lowest BCUT2D eigenvalue weighted by atomic mass is 10.2. The van der Waals surface area contributed by atoms with Crippen LogP contribution < -0.4 is 15.5 Å². The van der Waals surface area contributed by atoms with Crippen LogP contribution >= 0.6 is 0 Å². The third kappa shape index (κ3) is 4.44. The van der Waals surface area contributed by atoms with Gasteiger partial charge in [-0.1, -0.05) is 0 Å². The van der Waals surface area contributed by atoms with Crippen molar-refractivity contribution in [2.45, 2.75) is 26.2 Å². The normalized spacial score (nSPS) is 13.5. The molecule has 1 aromatic carbocycles. The summed E-state index contributed by atoms with van der Waals surface area (Å²) in [6, 6.07) is 9.52. The van der Waals surface area contributed by atoms with Gasteiger partial charge in [0.25, 0.3) is 0 Å². The van der Waals surface area contributed by atoms with Crippen LogP contribution in [0, 0.1) is 12.8 Å². The van der Waals surface area contributed by atoms with Gasteiger partial charge in [0, 0.05) is 43.7 Å². The van der Waals surface area contributed by atoms with Gasteiger partial charge in [-0.25, -0.2) is 4.98 Å². The third-order valence-corrected chi connectivity index (χ3v) is 3.89. The van der Waals surface area contributed by atoms with E-state index in [1.165, 1.54) is 12.8 Å². The van der Waals surface area contributed by atoms with E-state index in [-0.39, 0.29) is 5.91 Å². The van der Waals surface area contributed by atoms with E-state index in [4.69, 9.17) is 0 Å². The molecule has 2 aromatic rings. The number of hydrogen-bond donors (Lipinski definition) is 2. The Morgan fingerprint density at radius 1 is 1.17 bits per heavy atom. The quantitative estimate of drug-likeness (QED) is 0.852. The summed E-state index contributed by atoms with van der Waals surface area (Å²) >= 11 is 0. The predicted octanol–water partition coefficient (Wildman–Crippen LogP) is 3.33. The van der Waals surface area contributed by atoms with E-state index in [2.05, 4.69) is 20.6 Å². The molecule has 0 atom stereocenters. The summed E-state index contributed by atoms with van der Waals surface area (Å²) in [6.45, 7) is 1.94. The molecule has 1 fully saturated rings. The highest BCUT2D eigenvalue weighted by molar-refractivity contribution is 5.91. The first kappa shape index (κ1) is 16.2. The second-order valence-corrected chi connectivity index (χ2v) is 6.48. The molecule has 126 valence electrons. The molecule has 0 spiro atoms. The zero-order valence-corrected chi connectivity index (χ0v) is 14.3. The maximum absolute atomic E-state index is 11.8. The largest absolute Gasteiger partial charge is 0.363 e. The summed E-state index contributed by atoms with van der Waals surface area (Å²) in [5, 5.41) is 6.13. The Bertz CT molecular complexity index is 723. The highest BCUT2D eigenvalue weighted by atomic mass is 16.1. The van der Waals surface area contributed by atoms with Gasteiger partial charge in [-0.05, 0) is 49.9 Å². The van der Waals surface area contributed by atoms with Crippen molar-refractivity contribution < 1.29 is 4.79 Å². The molecule has 6 heteroatoms. The van der Waals surface area contributed by atoms with Gasteiger partial charge in [0.2, 0.25) is 11.9 Å². The van der Waals surface area contributed by atoms with Crippen molar-refractivity contribution in [3.05, 3.63) is 36.0 Å². The third-order valence-electron chi connectivity index (χ3n) is 3.89. The Balaban J connectivity index is 1.64. The fourth-order valence-corrected chi connectivity index (χ4v) is 2.40.